The highest BCUT2D eigenvalue weighted by atomic mass is 32.2. The second kappa shape index (κ2) is 8.78. The molecule has 0 bridgehead atoms. The third-order valence-electron chi connectivity index (χ3n) is 5.73. The summed E-state index contributed by atoms with van der Waals surface area (Å²) in [5.41, 5.74) is 5.13. The summed E-state index contributed by atoms with van der Waals surface area (Å²) in [5.74, 6) is 1.26. The van der Waals surface area contributed by atoms with Crippen LogP contribution in [0.5, 0.6) is 0 Å². The average Bonchev–Trinajstić information content (AvgIpc) is 3.43. The number of hydrogen-bond acceptors (Lipinski definition) is 5. The Balaban J connectivity index is 1.45. The Morgan fingerprint density at radius 2 is 2.07 bits per heavy atom. The molecular formula is C23H28N4O2S. The fourth-order valence-electron chi connectivity index (χ4n) is 4.04. The fourth-order valence-corrected chi connectivity index (χ4v) is 4.83. The number of Topliss-reactive ketones (excluding diaryl/α,β-unsaturated/α-hetero) is 1. The van der Waals surface area contributed by atoms with E-state index in [4.69, 9.17) is 4.74 Å². The van der Waals surface area contributed by atoms with Crippen molar-refractivity contribution in [3.05, 3.63) is 52.8 Å². The zero-order valence-electron chi connectivity index (χ0n) is 18.0. The van der Waals surface area contributed by atoms with Crippen LogP contribution in [0.3, 0.4) is 0 Å². The first-order chi connectivity index (χ1) is 14.4. The Bertz CT molecular complexity index is 1060. The van der Waals surface area contributed by atoms with Gasteiger partial charge in [-0.25, -0.2) is 0 Å². The molecule has 30 heavy (non-hydrogen) atoms. The first-order valence-corrected chi connectivity index (χ1v) is 11.3. The summed E-state index contributed by atoms with van der Waals surface area (Å²) in [7, 11) is 1.94. The Morgan fingerprint density at radius 1 is 1.23 bits per heavy atom. The molecule has 3 heterocycles. The number of rotatable bonds is 7. The number of aromatic nitrogens is 4. The first kappa shape index (κ1) is 20.9. The van der Waals surface area contributed by atoms with Gasteiger partial charge >= 0.3 is 0 Å². The summed E-state index contributed by atoms with van der Waals surface area (Å²) in [6.45, 7) is 7.81. The zero-order valence-corrected chi connectivity index (χ0v) is 18.8. The first-order valence-electron chi connectivity index (χ1n) is 10.3. The number of thioether (sulfide) groups is 1. The van der Waals surface area contributed by atoms with Gasteiger partial charge in [0.05, 0.1) is 11.9 Å². The van der Waals surface area contributed by atoms with Crippen LogP contribution in [0.4, 0.5) is 0 Å². The Hall–Kier alpha value is -2.38. The third kappa shape index (κ3) is 4.23. The molecule has 0 spiro atoms. The van der Waals surface area contributed by atoms with Crippen LogP contribution in [0.15, 0.2) is 35.5 Å². The Morgan fingerprint density at radius 3 is 2.80 bits per heavy atom. The molecule has 1 aliphatic heterocycles. The highest BCUT2D eigenvalue weighted by molar-refractivity contribution is 7.99. The van der Waals surface area contributed by atoms with Crippen molar-refractivity contribution in [1.29, 1.82) is 0 Å². The summed E-state index contributed by atoms with van der Waals surface area (Å²) in [4.78, 5) is 13.0. The number of nitrogens with zero attached hydrogens (tertiary/aromatic N) is 4. The molecule has 3 aromatic rings. The van der Waals surface area contributed by atoms with Crippen LogP contribution < -0.4 is 0 Å². The molecule has 6 nitrogen and oxygen atoms in total. The molecular weight excluding hydrogens is 396 g/mol. The van der Waals surface area contributed by atoms with Crippen molar-refractivity contribution < 1.29 is 9.53 Å². The molecule has 0 amide bonds. The van der Waals surface area contributed by atoms with Crippen molar-refractivity contribution in [3.8, 4) is 11.4 Å². The van der Waals surface area contributed by atoms with E-state index in [0.29, 0.717) is 5.75 Å². The predicted octanol–water partition coefficient (Wildman–Crippen LogP) is 4.36. The number of ketones is 1. The molecule has 0 N–H and O–H groups in total. The van der Waals surface area contributed by atoms with Crippen LogP contribution in [0, 0.1) is 20.8 Å². The van der Waals surface area contributed by atoms with Crippen LogP contribution in [0.1, 0.15) is 40.2 Å². The minimum atomic E-state index is 0.117. The minimum absolute atomic E-state index is 0.117. The average molecular weight is 425 g/mol. The van der Waals surface area contributed by atoms with Crippen molar-refractivity contribution in [1.82, 2.24) is 19.3 Å². The summed E-state index contributed by atoms with van der Waals surface area (Å²) in [5, 5.41) is 9.38. The van der Waals surface area contributed by atoms with Crippen LogP contribution >= 0.6 is 11.8 Å². The molecule has 4 rings (SSSR count). The molecule has 158 valence electrons. The van der Waals surface area contributed by atoms with Gasteiger partial charge in [-0.15, -0.1) is 10.2 Å². The molecule has 0 radical (unpaired) electrons. The van der Waals surface area contributed by atoms with Crippen molar-refractivity contribution in [2.45, 2.75) is 51.4 Å². The van der Waals surface area contributed by atoms with Gasteiger partial charge < -0.3 is 13.9 Å². The molecule has 0 unspecified atom stereocenters. The maximum atomic E-state index is 13.0. The molecule has 0 aliphatic carbocycles. The number of carbonyl (C=O) groups is 1. The number of ether oxygens (including phenoxy) is 1. The number of carbonyl (C=O) groups excluding carboxylic acids is 1. The van der Waals surface area contributed by atoms with Gasteiger partial charge in [0.25, 0.3) is 0 Å². The predicted molar refractivity (Wildman–Crippen MR) is 119 cm³/mol. The van der Waals surface area contributed by atoms with Crippen LogP contribution in [-0.2, 0) is 18.3 Å². The Labute approximate surface area is 181 Å². The van der Waals surface area contributed by atoms with E-state index in [0.717, 1.165) is 59.5 Å². The van der Waals surface area contributed by atoms with E-state index in [2.05, 4.69) is 40.7 Å². The van der Waals surface area contributed by atoms with Gasteiger partial charge in [-0.1, -0.05) is 35.5 Å². The molecule has 1 atom stereocenters. The van der Waals surface area contributed by atoms with E-state index in [1.807, 2.05) is 36.7 Å². The maximum Gasteiger partial charge on any atom is 0.191 e. The Kier molecular flexibility index (Phi) is 6.11. The lowest BCUT2D eigenvalue weighted by Crippen LogP contribution is -2.17. The quantitative estimate of drug-likeness (QED) is 0.416. The van der Waals surface area contributed by atoms with E-state index in [-0.39, 0.29) is 11.9 Å². The second-order valence-corrected chi connectivity index (χ2v) is 8.92. The third-order valence-corrected chi connectivity index (χ3v) is 6.75. The van der Waals surface area contributed by atoms with E-state index in [9.17, 15) is 4.79 Å². The monoisotopic (exact) mass is 424 g/mol. The van der Waals surface area contributed by atoms with Gasteiger partial charge in [-0.05, 0) is 45.7 Å². The normalized spacial score (nSPS) is 16.3. The standard InChI is InChI=1S/C23H28N4O2S/c1-15-7-5-8-18(11-15)22-24-25-23(26(22)4)30-14-21(28)20-12-16(2)27(17(20)3)13-19-9-6-10-29-19/h5,7-8,11-12,19H,6,9-10,13-14H2,1-4H3/t19-/m0/s1. The van der Waals surface area contributed by atoms with Gasteiger partial charge in [0.2, 0.25) is 0 Å². The molecule has 1 fully saturated rings. The smallest absolute Gasteiger partial charge is 0.191 e. The van der Waals surface area contributed by atoms with E-state index in [1.165, 1.54) is 17.3 Å². The molecule has 1 saturated heterocycles. The van der Waals surface area contributed by atoms with E-state index < -0.39 is 0 Å². The van der Waals surface area contributed by atoms with Gasteiger partial charge in [0.15, 0.2) is 16.8 Å². The van der Waals surface area contributed by atoms with Crippen LogP contribution in [-0.4, -0.2) is 43.6 Å². The highest BCUT2D eigenvalue weighted by Crippen LogP contribution is 2.26. The fraction of sp³-hybridized carbons (Fsp3) is 0.435. The van der Waals surface area contributed by atoms with Crippen molar-refractivity contribution in [2.24, 2.45) is 7.05 Å². The summed E-state index contributed by atoms with van der Waals surface area (Å²) in [6.07, 6.45) is 2.46. The number of aryl methyl sites for hydroxylation is 2. The lowest BCUT2D eigenvalue weighted by molar-refractivity contribution is 0.0957. The summed E-state index contributed by atoms with van der Waals surface area (Å²) < 4.78 is 9.94. The lowest BCUT2D eigenvalue weighted by Gasteiger charge is -2.14. The molecule has 1 aromatic carbocycles. The van der Waals surface area contributed by atoms with Crippen LogP contribution in [0.25, 0.3) is 11.4 Å². The number of benzene rings is 1. The van der Waals surface area contributed by atoms with Gasteiger partial charge in [0, 0.05) is 42.7 Å². The van der Waals surface area contributed by atoms with Crippen LogP contribution in [0.2, 0.25) is 0 Å². The topological polar surface area (TPSA) is 61.9 Å². The van der Waals surface area contributed by atoms with Gasteiger partial charge in [-0.3, -0.25) is 4.79 Å². The maximum absolute atomic E-state index is 13.0. The van der Waals surface area contributed by atoms with E-state index >= 15 is 0 Å². The summed E-state index contributed by atoms with van der Waals surface area (Å²) >= 11 is 1.43. The molecule has 0 saturated carbocycles. The second-order valence-electron chi connectivity index (χ2n) is 7.98. The van der Waals surface area contributed by atoms with Gasteiger partial charge in [-0.2, -0.15) is 0 Å². The molecule has 2 aromatic heterocycles. The van der Waals surface area contributed by atoms with Gasteiger partial charge in [0.1, 0.15) is 0 Å². The van der Waals surface area contributed by atoms with Crippen molar-refractivity contribution in [3.63, 3.8) is 0 Å². The molecule has 7 heteroatoms. The largest absolute Gasteiger partial charge is 0.376 e. The summed E-state index contributed by atoms with van der Waals surface area (Å²) in [6, 6.07) is 10.2. The van der Waals surface area contributed by atoms with Crippen molar-refractivity contribution >= 4 is 17.5 Å². The highest BCUT2D eigenvalue weighted by Gasteiger charge is 2.22. The van der Waals surface area contributed by atoms with Crippen molar-refractivity contribution in [2.75, 3.05) is 12.4 Å². The number of hydrogen-bond donors (Lipinski definition) is 0. The van der Waals surface area contributed by atoms with E-state index in [1.54, 1.807) is 0 Å². The SMILES string of the molecule is Cc1cccc(-c2nnc(SCC(=O)c3cc(C)n(C[C@@H]4CCCO4)c3C)n2C)c1. The zero-order chi connectivity index (χ0) is 21.3. The minimum Gasteiger partial charge on any atom is -0.376 e. The molecule has 1 aliphatic rings. The lowest BCUT2D eigenvalue weighted by atomic mass is 10.1.